The average Bonchev–Trinajstić information content (AvgIpc) is 2.84. The van der Waals surface area contributed by atoms with Gasteiger partial charge in [0.1, 0.15) is 23.9 Å². The number of ether oxygens (including phenoxy) is 1. The highest BCUT2D eigenvalue weighted by Gasteiger charge is 2.09. The smallest absolute Gasteiger partial charge is 0.125 e. The summed E-state index contributed by atoms with van der Waals surface area (Å²) in [6.45, 7) is 3.20. The molecule has 0 saturated heterocycles. The largest absolute Gasteiger partial charge is 0.508 e. The molecule has 0 bridgehead atoms. The Morgan fingerprint density at radius 3 is 2.62 bits per heavy atom. The van der Waals surface area contributed by atoms with Crippen molar-refractivity contribution in [2.24, 2.45) is 0 Å². The van der Waals surface area contributed by atoms with Crippen molar-refractivity contribution in [3.05, 3.63) is 60.0 Å². The average molecular weight is 285 g/mol. The first-order valence-corrected chi connectivity index (χ1v) is 6.86. The zero-order chi connectivity index (χ0) is 14.8. The van der Waals surface area contributed by atoms with Gasteiger partial charge in [-0.2, -0.15) is 0 Å². The lowest BCUT2D eigenvalue weighted by Gasteiger charge is -2.05. The van der Waals surface area contributed by atoms with Crippen LogP contribution in [0.4, 0.5) is 4.39 Å². The van der Waals surface area contributed by atoms with E-state index >= 15 is 0 Å². The van der Waals surface area contributed by atoms with E-state index in [2.05, 4.69) is 0 Å². The molecule has 0 radical (unpaired) electrons. The molecular weight excluding hydrogens is 269 g/mol. The fourth-order valence-corrected chi connectivity index (χ4v) is 2.42. The van der Waals surface area contributed by atoms with Crippen LogP contribution in [0.25, 0.3) is 10.9 Å². The van der Waals surface area contributed by atoms with Crippen LogP contribution in [0, 0.1) is 5.82 Å². The molecule has 21 heavy (non-hydrogen) atoms. The first-order valence-electron chi connectivity index (χ1n) is 6.86. The Balaban J connectivity index is 1.88. The molecule has 1 heterocycles. The van der Waals surface area contributed by atoms with Crippen molar-refractivity contribution in [1.29, 1.82) is 0 Å². The van der Waals surface area contributed by atoms with Crippen LogP contribution in [0.3, 0.4) is 0 Å². The van der Waals surface area contributed by atoms with Crippen LogP contribution in [-0.4, -0.2) is 9.67 Å². The van der Waals surface area contributed by atoms with Gasteiger partial charge >= 0.3 is 0 Å². The summed E-state index contributed by atoms with van der Waals surface area (Å²) in [5.41, 5.74) is 1.89. The molecule has 2 aromatic carbocycles. The predicted molar refractivity (Wildman–Crippen MR) is 80.0 cm³/mol. The van der Waals surface area contributed by atoms with Gasteiger partial charge in [0.25, 0.3) is 0 Å². The summed E-state index contributed by atoms with van der Waals surface area (Å²) >= 11 is 0. The van der Waals surface area contributed by atoms with Gasteiger partial charge in [-0.15, -0.1) is 0 Å². The van der Waals surface area contributed by atoms with Crippen molar-refractivity contribution in [3.63, 3.8) is 0 Å². The molecule has 0 unspecified atom stereocenters. The number of aromatic nitrogens is 1. The molecule has 1 N–H and O–H groups in total. The van der Waals surface area contributed by atoms with E-state index in [1.807, 2.05) is 17.7 Å². The van der Waals surface area contributed by atoms with Crippen molar-refractivity contribution in [2.75, 3.05) is 0 Å². The number of halogens is 1. The van der Waals surface area contributed by atoms with E-state index in [9.17, 15) is 9.50 Å². The Kier molecular flexibility index (Phi) is 3.52. The predicted octanol–water partition coefficient (Wildman–Crippen LogP) is 4.08. The van der Waals surface area contributed by atoms with Crippen LogP contribution in [0.2, 0.25) is 0 Å². The van der Waals surface area contributed by atoms with Gasteiger partial charge in [-0.05, 0) is 49.4 Å². The molecule has 0 fully saturated rings. The van der Waals surface area contributed by atoms with E-state index < -0.39 is 0 Å². The summed E-state index contributed by atoms with van der Waals surface area (Å²) in [7, 11) is 0. The molecule has 3 rings (SSSR count). The molecular formula is C17H16FNO2. The molecule has 0 aliphatic heterocycles. The molecule has 3 nitrogen and oxygen atoms in total. The fraction of sp³-hybridized carbons (Fsp3) is 0.176. The molecule has 3 aromatic rings. The normalized spacial score (nSPS) is 11.0. The van der Waals surface area contributed by atoms with Crippen LogP contribution in [0.5, 0.6) is 11.5 Å². The first kappa shape index (κ1) is 13.5. The van der Waals surface area contributed by atoms with Crippen molar-refractivity contribution in [1.82, 2.24) is 4.57 Å². The number of fused-ring (bicyclic) bond motifs is 1. The van der Waals surface area contributed by atoms with Gasteiger partial charge in [-0.25, -0.2) is 4.39 Å². The molecule has 0 atom stereocenters. The topological polar surface area (TPSA) is 34.4 Å². The van der Waals surface area contributed by atoms with E-state index in [1.54, 1.807) is 36.4 Å². The molecule has 0 aliphatic carbocycles. The summed E-state index contributed by atoms with van der Waals surface area (Å²) in [5, 5.41) is 10.2. The number of benzene rings is 2. The molecule has 108 valence electrons. The minimum absolute atomic E-state index is 0.209. The Hall–Kier alpha value is -2.49. The third-order valence-electron chi connectivity index (χ3n) is 3.50. The van der Waals surface area contributed by atoms with Crippen molar-refractivity contribution >= 4 is 10.9 Å². The van der Waals surface area contributed by atoms with E-state index in [1.165, 1.54) is 6.07 Å². The van der Waals surface area contributed by atoms with E-state index in [4.69, 9.17) is 4.74 Å². The lowest BCUT2D eigenvalue weighted by molar-refractivity contribution is 0.307. The van der Waals surface area contributed by atoms with Crippen molar-refractivity contribution < 1.29 is 14.2 Å². The van der Waals surface area contributed by atoms with Gasteiger partial charge in [0.05, 0.1) is 5.52 Å². The van der Waals surface area contributed by atoms with Gasteiger partial charge in [0.2, 0.25) is 0 Å². The number of rotatable bonds is 4. The minimum Gasteiger partial charge on any atom is -0.508 e. The lowest BCUT2D eigenvalue weighted by atomic mass is 10.2. The van der Waals surface area contributed by atoms with Crippen LogP contribution in [-0.2, 0) is 13.2 Å². The SMILES string of the molecule is CCn1cc(COc2ccc(O)cc2)c2ccc(F)cc21. The number of aromatic hydroxyl groups is 1. The maximum atomic E-state index is 13.4. The van der Waals surface area contributed by atoms with Gasteiger partial charge in [0, 0.05) is 23.7 Å². The van der Waals surface area contributed by atoms with Gasteiger partial charge in [0.15, 0.2) is 0 Å². The van der Waals surface area contributed by atoms with Gasteiger partial charge in [-0.1, -0.05) is 0 Å². The number of phenolic OH excluding ortho intramolecular Hbond substituents is 1. The monoisotopic (exact) mass is 285 g/mol. The number of nitrogens with zero attached hydrogens (tertiary/aromatic N) is 1. The standard InChI is InChI=1S/C17H16FNO2/c1-2-19-10-12(16-8-3-13(18)9-17(16)19)11-21-15-6-4-14(20)5-7-15/h3-10,20H,2,11H2,1H3. The Bertz CT molecular complexity index is 762. The summed E-state index contributed by atoms with van der Waals surface area (Å²) in [6, 6.07) is 11.4. The van der Waals surface area contributed by atoms with Crippen LogP contribution in [0.15, 0.2) is 48.7 Å². The second kappa shape index (κ2) is 5.48. The second-order valence-corrected chi connectivity index (χ2v) is 4.88. The number of hydrogen-bond acceptors (Lipinski definition) is 2. The molecule has 0 aliphatic rings. The maximum absolute atomic E-state index is 13.4. The summed E-state index contributed by atoms with van der Waals surface area (Å²) in [5.74, 6) is 0.661. The Morgan fingerprint density at radius 1 is 1.14 bits per heavy atom. The van der Waals surface area contributed by atoms with E-state index in [0.29, 0.717) is 12.4 Å². The number of hydrogen-bond donors (Lipinski definition) is 1. The molecule has 4 heteroatoms. The highest BCUT2D eigenvalue weighted by atomic mass is 19.1. The third kappa shape index (κ3) is 2.70. The number of aryl methyl sites for hydroxylation is 1. The Morgan fingerprint density at radius 2 is 1.90 bits per heavy atom. The summed E-state index contributed by atoms with van der Waals surface area (Å²) < 4.78 is 21.1. The molecule has 0 amide bonds. The van der Waals surface area contributed by atoms with E-state index in [0.717, 1.165) is 23.0 Å². The Labute approximate surface area is 122 Å². The highest BCUT2D eigenvalue weighted by molar-refractivity contribution is 5.84. The fourth-order valence-electron chi connectivity index (χ4n) is 2.42. The minimum atomic E-state index is -0.235. The van der Waals surface area contributed by atoms with Crippen LogP contribution >= 0.6 is 0 Å². The van der Waals surface area contributed by atoms with E-state index in [-0.39, 0.29) is 11.6 Å². The third-order valence-corrected chi connectivity index (χ3v) is 3.50. The van der Waals surface area contributed by atoms with Crippen molar-refractivity contribution in [3.8, 4) is 11.5 Å². The summed E-state index contributed by atoms with van der Waals surface area (Å²) in [4.78, 5) is 0. The maximum Gasteiger partial charge on any atom is 0.125 e. The van der Waals surface area contributed by atoms with Crippen LogP contribution in [0.1, 0.15) is 12.5 Å². The first-order chi connectivity index (χ1) is 10.2. The zero-order valence-electron chi connectivity index (χ0n) is 11.7. The molecule has 0 spiro atoms. The van der Waals surface area contributed by atoms with Crippen LogP contribution < -0.4 is 4.74 Å². The second-order valence-electron chi connectivity index (χ2n) is 4.88. The highest BCUT2D eigenvalue weighted by Crippen LogP contribution is 2.24. The van der Waals surface area contributed by atoms with Gasteiger partial charge in [-0.3, -0.25) is 0 Å². The number of phenols is 1. The molecule has 1 aromatic heterocycles. The lowest BCUT2D eigenvalue weighted by Crippen LogP contribution is -1.94. The quantitative estimate of drug-likeness (QED) is 0.783. The molecule has 0 saturated carbocycles. The van der Waals surface area contributed by atoms with Crippen molar-refractivity contribution in [2.45, 2.75) is 20.1 Å². The van der Waals surface area contributed by atoms with Gasteiger partial charge < -0.3 is 14.4 Å². The summed E-state index contributed by atoms with van der Waals surface area (Å²) in [6.07, 6.45) is 1.99. The zero-order valence-corrected chi connectivity index (χ0v) is 11.7.